The van der Waals surface area contributed by atoms with Crippen molar-refractivity contribution in [2.24, 2.45) is 5.73 Å². The summed E-state index contributed by atoms with van der Waals surface area (Å²) in [6, 6.07) is 6.67. The van der Waals surface area contributed by atoms with Crippen LogP contribution in [0.2, 0.25) is 0 Å². The Balaban J connectivity index is 2.53. The van der Waals surface area contributed by atoms with Gasteiger partial charge in [0.25, 0.3) is 0 Å². The Kier molecular flexibility index (Phi) is 5.20. The third kappa shape index (κ3) is 4.27. The van der Waals surface area contributed by atoms with Crippen LogP contribution in [0.15, 0.2) is 18.2 Å². The van der Waals surface area contributed by atoms with Crippen LogP contribution in [0.4, 0.5) is 0 Å². The summed E-state index contributed by atoms with van der Waals surface area (Å²) >= 11 is 2.00. The Labute approximate surface area is 97.4 Å². The van der Waals surface area contributed by atoms with Crippen molar-refractivity contribution in [3.8, 4) is 0 Å². The third-order valence-electron chi connectivity index (χ3n) is 2.60. The van der Waals surface area contributed by atoms with Gasteiger partial charge in [-0.1, -0.05) is 30.7 Å². The van der Waals surface area contributed by atoms with Gasteiger partial charge in [0.1, 0.15) is 0 Å². The molecule has 84 valence electrons. The zero-order valence-corrected chi connectivity index (χ0v) is 10.7. The van der Waals surface area contributed by atoms with Gasteiger partial charge in [-0.2, -0.15) is 11.8 Å². The molecule has 0 amide bonds. The topological polar surface area (TPSA) is 26.0 Å². The Hall–Kier alpha value is -0.470. The molecule has 2 N–H and O–H groups in total. The van der Waals surface area contributed by atoms with E-state index >= 15 is 0 Å². The highest BCUT2D eigenvalue weighted by atomic mass is 32.2. The lowest BCUT2D eigenvalue weighted by atomic mass is 10.1. The minimum atomic E-state index is 0.662. The number of benzene rings is 1. The molecule has 1 atom stereocenters. The molecule has 0 saturated heterocycles. The molecular formula is C13H21NS. The zero-order valence-electron chi connectivity index (χ0n) is 9.92. The molecule has 0 radical (unpaired) electrons. The van der Waals surface area contributed by atoms with Crippen molar-refractivity contribution in [3.63, 3.8) is 0 Å². The molecule has 15 heavy (non-hydrogen) atoms. The van der Waals surface area contributed by atoms with Crippen LogP contribution in [0.5, 0.6) is 0 Å². The van der Waals surface area contributed by atoms with E-state index in [1.54, 1.807) is 0 Å². The Bertz CT molecular complexity index is 309. The molecule has 0 aromatic heterocycles. The normalized spacial score (nSPS) is 12.8. The maximum Gasteiger partial charge on any atom is 0.0189 e. The van der Waals surface area contributed by atoms with Gasteiger partial charge in [0.2, 0.25) is 0 Å². The van der Waals surface area contributed by atoms with E-state index in [1.165, 1.54) is 16.7 Å². The van der Waals surface area contributed by atoms with Crippen molar-refractivity contribution >= 4 is 11.8 Å². The molecule has 0 aliphatic carbocycles. The molecular weight excluding hydrogens is 202 g/mol. The molecule has 1 aromatic rings. The van der Waals surface area contributed by atoms with Gasteiger partial charge in [0, 0.05) is 11.0 Å². The minimum absolute atomic E-state index is 0.662. The second-order valence-corrected chi connectivity index (χ2v) is 5.56. The molecule has 0 aliphatic heterocycles. The van der Waals surface area contributed by atoms with Crippen molar-refractivity contribution in [2.45, 2.75) is 38.2 Å². The molecule has 0 spiro atoms. The van der Waals surface area contributed by atoms with Gasteiger partial charge in [0.05, 0.1) is 0 Å². The van der Waals surface area contributed by atoms with Crippen molar-refractivity contribution in [2.75, 3.05) is 6.54 Å². The molecule has 1 unspecified atom stereocenters. The second-order valence-electron chi connectivity index (χ2n) is 4.13. The van der Waals surface area contributed by atoms with E-state index in [0.29, 0.717) is 5.25 Å². The average Bonchev–Trinajstić information content (AvgIpc) is 2.20. The lowest BCUT2D eigenvalue weighted by molar-refractivity contribution is 0.822. The summed E-state index contributed by atoms with van der Waals surface area (Å²) in [7, 11) is 0. The number of hydrogen-bond donors (Lipinski definition) is 1. The van der Waals surface area contributed by atoms with E-state index in [2.05, 4.69) is 39.0 Å². The van der Waals surface area contributed by atoms with Crippen molar-refractivity contribution in [1.82, 2.24) is 0 Å². The molecule has 0 saturated carbocycles. The van der Waals surface area contributed by atoms with Gasteiger partial charge >= 0.3 is 0 Å². The fourth-order valence-corrected chi connectivity index (χ4v) is 2.58. The van der Waals surface area contributed by atoms with Crippen LogP contribution in [0, 0.1) is 13.8 Å². The summed E-state index contributed by atoms with van der Waals surface area (Å²) in [5.74, 6) is 1.11. The van der Waals surface area contributed by atoms with E-state index in [0.717, 1.165) is 18.7 Å². The van der Waals surface area contributed by atoms with Gasteiger partial charge in [-0.3, -0.25) is 0 Å². The summed E-state index contributed by atoms with van der Waals surface area (Å²) in [6.45, 7) is 7.38. The molecule has 0 fully saturated rings. The maximum absolute atomic E-state index is 5.54. The van der Waals surface area contributed by atoms with Crippen LogP contribution in [-0.2, 0) is 5.75 Å². The standard InChI is InChI=1S/C13H21NS/c1-10-4-5-11(2)13(8-10)9-15-12(3)6-7-14/h4-5,8,12H,6-7,9,14H2,1-3H3. The van der Waals surface area contributed by atoms with E-state index < -0.39 is 0 Å². The maximum atomic E-state index is 5.54. The summed E-state index contributed by atoms with van der Waals surface area (Å²) in [4.78, 5) is 0. The Morgan fingerprint density at radius 1 is 1.33 bits per heavy atom. The third-order valence-corrected chi connectivity index (χ3v) is 3.88. The molecule has 1 aromatic carbocycles. The Morgan fingerprint density at radius 2 is 2.07 bits per heavy atom. The fraction of sp³-hybridized carbons (Fsp3) is 0.538. The first-order chi connectivity index (χ1) is 7.13. The highest BCUT2D eigenvalue weighted by molar-refractivity contribution is 7.99. The minimum Gasteiger partial charge on any atom is -0.330 e. The van der Waals surface area contributed by atoms with E-state index in [1.807, 2.05) is 11.8 Å². The number of aryl methyl sites for hydroxylation is 2. The van der Waals surface area contributed by atoms with Crippen molar-refractivity contribution < 1.29 is 0 Å². The number of rotatable bonds is 5. The van der Waals surface area contributed by atoms with Gasteiger partial charge in [0.15, 0.2) is 0 Å². The summed E-state index contributed by atoms with van der Waals surface area (Å²) in [6.07, 6.45) is 1.11. The monoisotopic (exact) mass is 223 g/mol. The molecule has 1 nitrogen and oxygen atoms in total. The summed E-state index contributed by atoms with van der Waals surface area (Å²) in [5, 5.41) is 0.662. The number of nitrogens with two attached hydrogens (primary N) is 1. The van der Waals surface area contributed by atoms with Crippen molar-refractivity contribution in [1.29, 1.82) is 0 Å². The van der Waals surface area contributed by atoms with Crippen LogP contribution in [0.25, 0.3) is 0 Å². The lowest BCUT2D eigenvalue weighted by Gasteiger charge is -2.11. The summed E-state index contributed by atoms with van der Waals surface area (Å²) < 4.78 is 0. The Morgan fingerprint density at radius 3 is 2.73 bits per heavy atom. The predicted molar refractivity (Wildman–Crippen MR) is 70.3 cm³/mol. The smallest absolute Gasteiger partial charge is 0.0189 e. The van der Waals surface area contributed by atoms with Crippen molar-refractivity contribution in [3.05, 3.63) is 34.9 Å². The summed E-state index contributed by atoms with van der Waals surface area (Å²) in [5.41, 5.74) is 9.75. The van der Waals surface area contributed by atoms with Gasteiger partial charge in [-0.15, -0.1) is 0 Å². The molecule has 1 rings (SSSR count). The van der Waals surface area contributed by atoms with Crippen LogP contribution >= 0.6 is 11.8 Å². The lowest BCUT2D eigenvalue weighted by Crippen LogP contribution is -2.07. The van der Waals surface area contributed by atoms with Crippen LogP contribution in [0.3, 0.4) is 0 Å². The van der Waals surface area contributed by atoms with Crippen LogP contribution in [0.1, 0.15) is 30.0 Å². The number of hydrogen-bond acceptors (Lipinski definition) is 2. The highest BCUT2D eigenvalue weighted by Crippen LogP contribution is 2.22. The van der Waals surface area contributed by atoms with Crippen LogP contribution in [-0.4, -0.2) is 11.8 Å². The van der Waals surface area contributed by atoms with E-state index in [4.69, 9.17) is 5.73 Å². The first-order valence-electron chi connectivity index (χ1n) is 5.51. The molecule has 0 bridgehead atoms. The fourth-order valence-electron chi connectivity index (χ4n) is 1.51. The first kappa shape index (κ1) is 12.6. The number of thioether (sulfide) groups is 1. The average molecular weight is 223 g/mol. The van der Waals surface area contributed by atoms with Gasteiger partial charge < -0.3 is 5.73 Å². The SMILES string of the molecule is Cc1ccc(C)c(CSC(C)CCN)c1. The largest absolute Gasteiger partial charge is 0.330 e. The molecule has 0 heterocycles. The van der Waals surface area contributed by atoms with E-state index in [9.17, 15) is 0 Å². The molecule has 0 aliphatic rings. The zero-order chi connectivity index (χ0) is 11.3. The highest BCUT2D eigenvalue weighted by Gasteiger charge is 2.04. The van der Waals surface area contributed by atoms with E-state index in [-0.39, 0.29) is 0 Å². The first-order valence-corrected chi connectivity index (χ1v) is 6.56. The second kappa shape index (κ2) is 6.19. The quantitative estimate of drug-likeness (QED) is 0.829. The van der Waals surface area contributed by atoms with Gasteiger partial charge in [-0.25, -0.2) is 0 Å². The van der Waals surface area contributed by atoms with Gasteiger partial charge in [-0.05, 0) is 37.9 Å². The predicted octanol–water partition coefficient (Wildman–Crippen LogP) is 3.27. The van der Waals surface area contributed by atoms with Crippen LogP contribution < -0.4 is 5.73 Å². The molecule has 2 heteroatoms.